The molecule has 8 nitrogen and oxygen atoms in total. The highest BCUT2D eigenvalue weighted by Crippen LogP contribution is 2.28. The van der Waals surface area contributed by atoms with Crippen LogP contribution in [0.2, 0.25) is 0 Å². The largest absolute Gasteiger partial charge is 0.493 e. The molecule has 0 fully saturated rings. The van der Waals surface area contributed by atoms with E-state index in [1.807, 2.05) is 30.3 Å². The Bertz CT molecular complexity index is 1120. The quantitative estimate of drug-likeness (QED) is 0.510. The number of nitrogens with zero attached hydrogens (tertiary/aromatic N) is 4. The summed E-state index contributed by atoms with van der Waals surface area (Å²) in [6.07, 6.45) is 2.02. The zero-order chi connectivity index (χ0) is 18.6. The Labute approximate surface area is 154 Å². The molecule has 136 valence electrons. The Morgan fingerprint density at radius 2 is 2.00 bits per heavy atom. The molecule has 2 heterocycles. The van der Waals surface area contributed by atoms with Gasteiger partial charge in [-0.05, 0) is 47.2 Å². The lowest BCUT2D eigenvalue weighted by Crippen LogP contribution is -2.10. The molecule has 8 heteroatoms. The van der Waals surface area contributed by atoms with E-state index in [0.29, 0.717) is 34.9 Å². The van der Waals surface area contributed by atoms with Crippen molar-refractivity contribution in [3.8, 4) is 28.5 Å². The number of hydrogen-bond acceptors (Lipinski definition) is 6. The fourth-order valence-electron chi connectivity index (χ4n) is 2.81. The zero-order valence-electron chi connectivity index (χ0n) is 14.8. The second-order valence-corrected chi connectivity index (χ2v) is 6.09. The van der Waals surface area contributed by atoms with Crippen LogP contribution in [-0.2, 0) is 0 Å². The molecule has 0 aliphatic heterocycles. The van der Waals surface area contributed by atoms with Crippen LogP contribution < -0.4 is 10.3 Å². The lowest BCUT2D eigenvalue weighted by atomic mass is 10.1. The molecule has 0 aliphatic carbocycles. The maximum absolute atomic E-state index is 12.7. The standard InChI is InChI=1S/C19H18N6O2/c1-2-3-10-27-16-7-5-4-6-13(16)18-20-15-9-8-12(17-22-24-25-23-17)11-14(15)19(26)21-18/h4-9,11H,2-3,10H2,1H3,(H,20,21,26)(H,22,23,24,25). The van der Waals surface area contributed by atoms with Gasteiger partial charge in [-0.25, -0.2) is 10.1 Å². The SMILES string of the molecule is CCCCOc1ccccc1-c1nc2ccc(-c3nnn[nH]3)cc2c(=O)[nH]1. The van der Waals surface area contributed by atoms with Crippen molar-refractivity contribution in [3.63, 3.8) is 0 Å². The molecule has 0 saturated carbocycles. The van der Waals surface area contributed by atoms with E-state index >= 15 is 0 Å². The number of tetrazole rings is 1. The third-order valence-electron chi connectivity index (χ3n) is 4.22. The summed E-state index contributed by atoms with van der Waals surface area (Å²) in [6, 6.07) is 12.9. The van der Waals surface area contributed by atoms with Gasteiger partial charge < -0.3 is 9.72 Å². The van der Waals surface area contributed by atoms with Gasteiger partial charge in [0.25, 0.3) is 5.56 Å². The van der Waals surface area contributed by atoms with Crippen molar-refractivity contribution < 1.29 is 4.74 Å². The van der Waals surface area contributed by atoms with E-state index in [2.05, 4.69) is 37.5 Å². The van der Waals surface area contributed by atoms with Gasteiger partial charge in [0.1, 0.15) is 11.6 Å². The van der Waals surface area contributed by atoms with Crippen LogP contribution in [0.4, 0.5) is 0 Å². The van der Waals surface area contributed by atoms with Gasteiger partial charge in [0.2, 0.25) is 0 Å². The molecule has 27 heavy (non-hydrogen) atoms. The second-order valence-electron chi connectivity index (χ2n) is 6.09. The van der Waals surface area contributed by atoms with Crippen LogP contribution in [0.5, 0.6) is 5.75 Å². The van der Waals surface area contributed by atoms with Crippen LogP contribution in [0.1, 0.15) is 19.8 Å². The predicted molar refractivity (Wildman–Crippen MR) is 101 cm³/mol. The van der Waals surface area contributed by atoms with E-state index in [9.17, 15) is 4.79 Å². The van der Waals surface area contributed by atoms with Gasteiger partial charge in [0.05, 0.1) is 23.1 Å². The van der Waals surface area contributed by atoms with E-state index in [1.165, 1.54) is 0 Å². The minimum absolute atomic E-state index is 0.229. The molecule has 0 atom stereocenters. The number of hydrogen-bond donors (Lipinski definition) is 2. The number of aromatic nitrogens is 6. The van der Waals surface area contributed by atoms with Crippen LogP contribution in [0.3, 0.4) is 0 Å². The molecule has 0 spiro atoms. The third kappa shape index (κ3) is 3.41. The van der Waals surface area contributed by atoms with E-state index in [4.69, 9.17) is 4.74 Å². The summed E-state index contributed by atoms with van der Waals surface area (Å²) in [4.78, 5) is 20.1. The second kappa shape index (κ2) is 7.36. The topological polar surface area (TPSA) is 109 Å². The summed E-state index contributed by atoms with van der Waals surface area (Å²) < 4.78 is 5.86. The summed E-state index contributed by atoms with van der Waals surface area (Å²) in [5.41, 5.74) is 1.84. The number of rotatable bonds is 6. The van der Waals surface area contributed by atoms with Crippen LogP contribution in [0.15, 0.2) is 47.3 Å². The molecule has 2 N–H and O–H groups in total. The fourth-order valence-corrected chi connectivity index (χ4v) is 2.81. The van der Waals surface area contributed by atoms with Crippen LogP contribution in [0.25, 0.3) is 33.7 Å². The molecular weight excluding hydrogens is 344 g/mol. The Kier molecular flexibility index (Phi) is 4.61. The molecule has 4 aromatic rings. The summed E-state index contributed by atoms with van der Waals surface area (Å²) in [5, 5.41) is 14.1. The Morgan fingerprint density at radius 3 is 2.81 bits per heavy atom. The number of unbranched alkanes of at least 4 members (excludes halogenated alkanes) is 1. The first-order valence-electron chi connectivity index (χ1n) is 8.76. The van der Waals surface area contributed by atoms with Crippen LogP contribution >= 0.6 is 0 Å². The summed E-state index contributed by atoms with van der Waals surface area (Å²) in [7, 11) is 0. The van der Waals surface area contributed by atoms with Crippen molar-refractivity contribution in [2.24, 2.45) is 0 Å². The van der Waals surface area contributed by atoms with Crippen molar-refractivity contribution in [2.75, 3.05) is 6.61 Å². The van der Waals surface area contributed by atoms with Gasteiger partial charge in [-0.1, -0.05) is 25.5 Å². The summed E-state index contributed by atoms with van der Waals surface area (Å²) in [5.74, 6) is 1.68. The van der Waals surface area contributed by atoms with Gasteiger partial charge in [-0.15, -0.1) is 5.10 Å². The Balaban J connectivity index is 1.76. The molecule has 2 aromatic carbocycles. The molecule has 0 amide bonds. The van der Waals surface area contributed by atoms with E-state index in [0.717, 1.165) is 24.0 Å². The molecule has 2 aromatic heterocycles. The third-order valence-corrected chi connectivity index (χ3v) is 4.22. The summed E-state index contributed by atoms with van der Waals surface area (Å²) >= 11 is 0. The molecule has 0 aliphatic rings. The van der Waals surface area contributed by atoms with Crippen molar-refractivity contribution in [1.29, 1.82) is 0 Å². The number of nitrogens with one attached hydrogen (secondary N) is 2. The van der Waals surface area contributed by atoms with Gasteiger partial charge >= 0.3 is 0 Å². The number of ether oxygens (including phenoxy) is 1. The van der Waals surface area contributed by atoms with Crippen molar-refractivity contribution >= 4 is 10.9 Å². The Morgan fingerprint density at radius 1 is 1.11 bits per heavy atom. The van der Waals surface area contributed by atoms with Crippen LogP contribution in [0, 0.1) is 0 Å². The first kappa shape index (κ1) is 16.9. The molecule has 0 unspecified atom stereocenters. The highest BCUT2D eigenvalue weighted by molar-refractivity contribution is 5.84. The minimum atomic E-state index is -0.229. The van der Waals surface area contributed by atoms with E-state index in [1.54, 1.807) is 12.1 Å². The lowest BCUT2D eigenvalue weighted by Gasteiger charge is -2.11. The van der Waals surface area contributed by atoms with Gasteiger partial charge in [0.15, 0.2) is 5.82 Å². The minimum Gasteiger partial charge on any atom is -0.493 e. The monoisotopic (exact) mass is 362 g/mol. The Hall–Kier alpha value is -3.55. The zero-order valence-corrected chi connectivity index (χ0v) is 14.8. The highest BCUT2D eigenvalue weighted by Gasteiger charge is 2.12. The van der Waals surface area contributed by atoms with Gasteiger partial charge in [-0.2, -0.15) is 0 Å². The lowest BCUT2D eigenvalue weighted by molar-refractivity contribution is 0.310. The van der Waals surface area contributed by atoms with E-state index < -0.39 is 0 Å². The van der Waals surface area contributed by atoms with Crippen molar-refractivity contribution in [3.05, 3.63) is 52.8 Å². The van der Waals surface area contributed by atoms with Crippen molar-refractivity contribution in [2.45, 2.75) is 19.8 Å². The maximum Gasteiger partial charge on any atom is 0.259 e. The van der Waals surface area contributed by atoms with E-state index in [-0.39, 0.29) is 5.56 Å². The average Bonchev–Trinajstić information content (AvgIpc) is 3.23. The molecule has 0 radical (unpaired) electrons. The van der Waals surface area contributed by atoms with Gasteiger partial charge in [0, 0.05) is 5.56 Å². The number of H-pyrrole nitrogens is 2. The fraction of sp³-hybridized carbons (Fsp3) is 0.211. The molecular formula is C19H18N6O2. The summed E-state index contributed by atoms with van der Waals surface area (Å²) in [6.45, 7) is 2.74. The maximum atomic E-state index is 12.7. The first-order chi connectivity index (χ1) is 13.3. The smallest absolute Gasteiger partial charge is 0.259 e. The molecule has 0 saturated heterocycles. The van der Waals surface area contributed by atoms with Crippen LogP contribution in [-0.4, -0.2) is 37.2 Å². The number of fused-ring (bicyclic) bond motifs is 1. The molecule has 0 bridgehead atoms. The van der Waals surface area contributed by atoms with Gasteiger partial charge in [-0.3, -0.25) is 4.79 Å². The number of aromatic amines is 2. The normalized spacial score (nSPS) is 11.0. The average molecular weight is 362 g/mol. The number of benzene rings is 2. The molecule has 4 rings (SSSR count). The first-order valence-corrected chi connectivity index (χ1v) is 8.76. The highest BCUT2D eigenvalue weighted by atomic mass is 16.5. The van der Waals surface area contributed by atoms with Crippen molar-refractivity contribution in [1.82, 2.24) is 30.6 Å². The predicted octanol–water partition coefficient (Wildman–Crippen LogP) is 2.95. The number of para-hydroxylation sites is 1.